The summed E-state index contributed by atoms with van der Waals surface area (Å²) in [6.07, 6.45) is 2.06. The average Bonchev–Trinajstić information content (AvgIpc) is 2.73. The first-order valence-electron chi connectivity index (χ1n) is 7.75. The van der Waals surface area contributed by atoms with Crippen molar-refractivity contribution in [2.45, 2.75) is 46.2 Å². The third kappa shape index (κ3) is 4.46. The lowest BCUT2D eigenvalue weighted by atomic mass is 10.1. The Morgan fingerprint density at radius 1 is 1.30 bits per heavy atom. The number of rotatable bonds is 5. The Kier molecular flexibility index (Phi) is 5.80. The SMILES string of the molecule is CCc1cc(CNC(C)C)cc(N2CCCOCC2)n1. The first-order chi connectivity index (χ1) is 9.69. The highest BCUT2D eigenvalue weighted by Crippen LogP contribution is 2.17. The van der Waals surface area contributed by atoms with Crippen molar-refractivity contribution in [3.8, 4) is 0 Å². The third-order valence-electron chi connectivity index (χ3n) is 3.55. The summed E-state index contributed by atoms with van der Waals surface area (Å²) in [5.41, 5.74) is 2.50. The summed E-state index contributed by atoms with van der Waals surface area (Å²) in [7, 11) is 0. The average molecular weight is 277 g/mol. The van der Waals surface area contributed by atoms with Crippen molar-refractivity contribution < 1.29 is 4.74 Å². The molecule has 1 aromatic heterocycles. The first kappa shape index (κ1) is 15.3. The van der Waals surface area contributed by atoms with Gasteiger partial charge >= 0.3 is 0 Å². The van der Waals surface area contributed by atoms with Crippen molar-refractivity contribution in [2.24, 2.45) is 0 Å². The Morgan fingerprint density at radius 2 is 2.15 bits per heavy atom. The van der Waals surface area contributed by atoms with E-state index in [2.05, 4.69) is 43.1 Å². The first-order valence-corrected chi connectivity index (χ1v) is 7.75. The normalized spacial score (nSPS) is 16.5. The van der Waals surface area contributed by atoms with Gasteiger partial charge in [-0.15, -0.1) is 0 Å². The van der Waals surface area contributed by atoms with Crippen LogP contribution in [0.5, 0.6) is 0 Å². The molecule has 1 aliphatic heterocycles. The summed E-state index contributed by atoms with van der Waals surface area (Å²) >= 11 is 0. The molecule has 0 aromatic carbocycles. The molecule has 1 fully saturated rings. The van der Waals surface area contributed by atoms with Gasteiger partial charge in [0.1, 0.15) is 5.82 Å². The van der Waals surface area contributed by atoms with E-state index in [9.17, 15) is 0 Å². The monoisotopic (exact) mass is 277 g/mol. The van der Waals surface area contributed by atoms with Crippen molar-refractivity contribution in [3.63, 3.8) is 0 Å². The smallest absolute Gasteiger partial charge is 0.129 e. The molecule has 20 heavy (non-hydrogen) atoms. The zero-order chi connectivity index (χ0) is 14.4. The van der Waals surface area contributed by atoms with E-state index in [0.717, 1.165) is 51.5 Å². The fourth-order valence-electron chi connectivity index (χ4n) is 2.38. The maximum absolute atomic E-state index is 5.53. The number of ether oxygens (including phenoxy) is 1. The van der Waals surface area contributed by atoms with Crippen LogP contribution < -0.4 is 10.2 Å². The molecule has 2 heterocycles. The van der Waals surface area contributed by atoms with Crippen molar-refractivity contribution in [1.82, 2.24) is 10.3 Å². The van der Waals surface area contributed by atoms with E-state index in [1.165, 1.54) is 11.3 Å². The van der Waals surface area contributed by atoms with Crippen LogP contribution in [-0.2, 0) is 17.7 Å². The Balaban J connectivity index is 2.15. The van der Waals surface area contributed by atoms with E-state index in [4.69, 9.17) is 9.72 Å². The predicted molar refractivity (Wildman–Crippen MR) is 83.2 cm³/mol. The van der Waals surface area contributed by atoms with Gasteiger partial charge in [-0.1, -0.05) is 20.8 Å². The van der Waals surface area contributed by atoms with Gasteiger partial charge in [-0.2, -0.15) is 0 Å². The molecule has 0 saturated carbocycles. The van der Waals surface area contributed by atoms with Gasteiger partial charge in [0, 0.05) is 38.0 Å². The minimum atomic E-state index is 0.503. The Hall–Kier alpha value is -1.13. The molecule has 1 aliphatic rings. The van der Waals surface area contributed by atoms with Gasteiger partial charge in [0.15, 0.2) is 0 Å². The van der Waals surface area contributed by atoms with E-state index in [1.54, 1.807) is 0 Å². The highest BCUT2D eigenvalue weighted by Gasteiger charge is 2.13. The van der Waals surface area contributed by atoms with Crippen LogP contribution in [0.3, 0.4) is 0 Å². The van der Waals surface area contributed by atoms with Crippen LogP contribution >= 0.6 is 0 Å². The van der Waals surface area contributed by atoms with Crippen LogP contribution in [0.25, 0.3) is 0 Å². The van der Waals surface area contributed by atoms with Crippen molar-refractivity contribution in [1.29, 1.82) is 0 Å². The number of hydrogen-bond donors (Lipinski definition) is 1. The van der Waals surface area contributed by atoms with Gasteiger partial charge in [0.05, 0.1) is 6.61 Å². The minimum Gasteiger partial charge on any atom is -0.380 e. The van der Waals surface area contributed by atoms with E-state index in [1.807, 2.05) is 0 Å². The van der Waals surface area contributed by atoms with Crippen LogP contribution in [0.4, 0.5) is 5.82 Å². The molecule has 0 spiro atoms. The summed E-state index contributed by atoms with van der Waals surface area (Å²) < 4.78 is 5.53. The van der Waals surface area contributed by atoms with E-state index in [0.29, 0.717) is 6.04 Å². The van der Waals surface area contributed by atoms with Crippen molar-refractivity contribution in [2.75, 3.05) is 31.2 Å². The molecule has 0 bridgehead atoms. The fraction of sp³-hybridized carbons (Fsp3) is 0.688. The Bertz CT molecular complexity index is 412. The Morgan fingerprint density at radius 3 is 2.90 bits per heavy atom. The lowest BCUT2D eigenvalue weighted by Gasteiger charge is -2.22. The van der Waals surface area contributed by atoms with Crippen LogP contribution in [-0.4, -0.2) is 37.3 Å². The molecule has 0 amide bonds. The quantitative estimate of drug-likeness (QED) is 0.896. The second kappa shape index (κ2) is 7.60. The largest absolute Gasteiger partial charge is 0.380 e. The number of nitrogens with one attached hydrogen (secondary N) is 1. The van der Waals surface area contributed by atoms with E-state index in [-0.39, 0.29) is 0 Å². The maximum atomic E-state index is 5.53. The molecular weight excluding hydrogens is 250 g/mol. The lowest BCUT2D eigenvalue weighted by molar-refractivity contribution is 0.152. The minimum absolute atomic E-state index is 0.503. The zero-order valence-corrected chi connectivity index (χ0v) is 13.0. The van der Waals surface area contributed by atoms with E-state index < -0.39 is 0 Å². The molecule has 2 rings (SSSR count). The topological polar surface area (TPSA) is 37.4 Å². The molecule has 0 aliphatic carbocycles. The Labute approximate surface area is 122 Å². The van der Waals surface area contributed by atoms with Crippen molar-refractivity contribution >= 4 is 5.82 Å². The van der Waals surface area contributed by atoms with Gasteiger partial charge in [0.2, 0.25) is 0 Å². The van der Waals surface area contributed by atoms with Gasteiger partial charge < -0.3 is 15.0 Å². The molecule has 1 saturated heterocycles. The predicted octanol–water partition coefficient (Wildman–Crippen LogP) is 2.37. The van der Waals surface area contributed by atoms with Gasteiger partial charge in [-0.25, -0.2) is 4.98 Å². The van der Waals surface area contributed by atoms with Gasteiger partial charge in [0.25, 0.3) is 0 Å². The van der Waals surface area contributed by atoms with Crippen LogP contribution in [0, 0.1) is 0 Å². The van der Waals surface area contributed by atoms with Crippen LogP contribution in [0.1, 0.15) is 38.4 Å². The molecule has 4 heteroatoms. The van der Waals surface area contributed by atoms with Gasteiger partial charge in [-0.05, 0) is 30.5 Å². The lowest BCUT2D eigenvalue weighted by Crippen LogP contribution is -2.28. The fourth-order valence-corrected chi connectivity index (χ4v) is 2.38. The van der Waals surface area contributed by atoms with Gasteiger partial charge in [-0.3, -0.25) is 0 Å². The van der Waals surface area contributed by atoms with Crippen LogP contribution in [0.2, 0.25) is 0 Å². The van der Waals surface area contributed by atoms with Crippen LogP contribution in [0.15, 0.2) is 12.1 Å². The number of aromatic nitrogens is 1. The van der Waals surface area contributed by atoms with E-state index >= 15 is 0 Å². The summed E-state index contributed by atoms with van der Waals surface area (Å²) in [6, 6.07) is 4.94. The number of hydrogen-bond acceptors (Lipinski definition) is 4. The highest BCUT2D eigenvalue weighted by molar-refractivity contribution is 5.43. The zero-order valence-electron chi connectivity index (χ0n) is 13.0. The second-order valence-electron chi connectivity index (χ2n) is 5.67. The molecule has 0 unspecified atom stereocenters. The highest BCUT2D eigenvalue weighted by atomic mass is 16.5. The van der Waals surface area contributed by atoms with Crippen molar-refractivity contribution in [3.05, 3.63) is 23.4 Å². The maximum Gasteiger partial charge on any atom is 0.129 e. The summed E-state index contributed by atoms with van der Waals surface area (Å²) in [5, 5.41) is 3.48. The third-order valence-corrected chi connectivity index (χ3v) is 3.55. The number of anilines is 1. The molecule has 112 valence electrons. The standard InChI is InChI=1S/C16H27N3O/c1-4-15-10-14(12-17-13(2)3)11-16(18-15)19-6-5-8-20-9-7-19/h10-11,13,17H,4-9,12H2,1-3H3. The molecule has 0 atom stereocenters. The number of pyridine rings is 1. The number of aryl methyl sites for hydroxylation is 1. The molecule has 1 N–H and O–H groups in total. The number of nitrogens with zero attached hydrogens (tertiary/aromatic N) is 2. The molecule has 0 radical (unpaired) electrons. The summed E-state index contributed by atoms with van der Waals surface area (Å²) in [6.45, 7) is 11.1. The summed E-state index contributed by atoms with van der Waals surface area (Å²) in [4.78, 5) is 7.14. The summed E-state index contributed by atoms with van der Waals surface area (Å²) in [5.74, 6) is 1.11. The second-order valence-corrected chi connectivity index (χ2v) is 5.67. The molecular formula is C16H27N3O. The molecule has 1 aromatic rings. The molecule has 4 nitrogen and oxygen atoms in total.